The van der Waals surface area contributed by atoms with Gasteiger partial charge in [0.15, 0.2) is 0 Å². The lowest BCUT2D eigenvalue weighted by Crippen LogP contribution is -2.11. The Bertz CT molecular complexity index is 1170. The molecule has 0 bridgehead atoms. The van der Waals surface area contributed by atoms with Crippen LogP contribution in [0.5, 0.6) is 0 Å². The zero-order valence-electron chi connectivity index (χ0n) is 15.4. The van der Waals surface area contributed by atoms with Crippen molar-refractivity contribution in [2.24, 2.45) is 0 Å². The first kappa shape index (κ1) is 19.8. The van der Waals surface area contributed by atoms with Gasteiger partial charge >= 0.3 is 6.18 Å². The largest absolute Gasteiger partial charge is 0.451 e. The molecule has 0 unspecified atom stereocenters. The van der Waals surface area contributed by atoms with E-state index in [1.54, 1.807) is 29.5 Å². The van der Waals surface area contributed by atoms with Crippen LogP contribution in [0.15, 0.2) is 39.8 Å². The number of hydrogen-bond donors (Lipinski definition) is 0. The van der Waals surface area contributed by atoms with Crippen molar-refractivity contribution in [3.05, 3.63) is 52.5 Å². The molecule has 0 spiro atoms. The molecule has 0 saturated heterocycles. The Kier molecular flexibility index (Phi) is 5.30. The van der Waals surface area contributed by atoms with Gasteiger partial charge in [0.05, 0.1) is 16.1 Å². The molecule has 0 saturated carbocycles. The first-order valence-electron chi connectivity index (χ1n) is 8.74. The molecule has 10 heteroatoms. The molecule has 0 N–H and O–H groups in total. The predicted octanol–water partition coefficient (Wildman–Crippen LogP) is 5.92. The fraction of sp³-hybridized carbons (Fsp3) is 0.263. The van der Waals surface area contributed by atoms with Crippen LogP contribution in [0.3, 0.4) is 0 Å². The number of nitrogens with zero attached hydrogens (tertiary/aromatic N) is 4. The standard InChI is InChI=1S/C19H15F3N4OS2/c1-3-13-10(2)8-14(29-13)16-26-25-15(27-16)9-28-17-11-6-4-5-7-12(11)23-18(24-17)19(20,21)22/h4-8H,3,9H2,1-2H3. The predicted molar refractivity (Wildman–Crippen MR) is 106 cm³/mol. The minimum atomic E-state index is -4.62. The number of rotatable bonds is 5. The maximum Gasteiger partial charge on any atom is 0.451 e. The van der Waals surface area contributed by atoms with Gasteiger partial charge in [0.2, 0.25) is 11.7 Å². The second kappa shape index (κ2) is 7.75. The summed E-state index contributed by atoms with van der Waals surface area (Å²) in [5, 5.41) is 8.87. The van der Waals surface area contributed by atoms with Crippen LogP contribution in [0.4, 0.5) is 13.2 Å². The lowest BCUT2D eigenvalue weighted by Gasteiger charge is -2.09. The van der Waals surface area contributed by atoms with Crippen LogP contribution >= 0.6 is 23.1 Å². The molecule has 3 heterocycles. The monoisotopic (exact) mass is 436 g/mol. The molecule has 4 rings (SSSR count). The summed E-state index contributed by atoms with van der Waals surface area (Å²) in [6.07, 6.45) is -3.69. The molecular formula is C19H15F3N4OS2. The lowest BCUT2D eigenvalue weighted by atomic mass is 10.2. The summed E-state index contributed by atoms with van der Waals surface area (Å²) < 4.78 is 45.1. The van der Waals surface area contributed by atoms with Gasteiger partial charge in [0.1, 0.15) is 5.03 Å². The number of alkyl halides is 3. The number of aryl methyl sites for hydroxylation is 2. The summed E-state index contributed by atoms with van der Waals surface area (Å²) in [7, 11) is 0. The van der Waals surface area contributed by atoms with E-state index in [2.05, 4.69) is 27.1 Å². The molecule has 0 aliphatic rings. The van der Waals surface area contributed by atoms with Gasteiger partial charge in [-0.3, -0.25) is 0 Å². The zero-order valence-corrected chi connectivity index (χ0v) is 17.1. The van der Waals surface area contributed by atoms with Crippen LogP contribution in [0, 0.1) is 6.92 Å². The quantitative estimate of drug-likeness (QED) is 0.286. The Morgan fingerprint density at radius 2 is 1.93 bits per heavy atom. The summed E-state index contributed by atoms with van der Waals surface area (Å²) in [4.78, 5) is 9.48. The number of fused-ring (bicyclic) bond motifs is 1. The Labute approximate surface area is 172 Å². The van der Waals surface area contributed by atoms with Crippen LogP contribution in [-0.4, -0.2) is 20.2 Å². The number of thioether (sulfide) groups is 1. The van der Waals surface area contributed by atoms with E-state index in [1.807, 2.05) is 13.0 Å². The van der Waals surface area contributed by atoms with Crippen molar-refractivity contribution in [2.45, 2.75) is 37.2 Å². The van der Waals surface area contributed by atoms with Crippen molar-refractivity contribution in [3.8, 4) is 10.8 Å². The molecule has 0 fully saturated rings. The van der Waals surface area contributed by atoms with Crippen LogP contribution in [0.1, 0.15) is 29.1 Å². The van der Waals surface area contributed by atoms with Crippen molar-refractivity contribution in [1.29, 1.82) is 0 Å². The number of hydrogen-bond acceptors (Lipinski definition) is 7. The highest BCUT2D eigenvalue weighted by Gasteiger charge is 2.35. The molecular weight excluding hydrogens is 421 g/mol. The molecule has 0 aliphatic heterocycles. The number of aromatic nitrogens is 4. The van der Waals surface area contributed by atoms with Gasteiger partial charge in [-0.05, 0) is 31.0 Å². The average Bonchev–Trinajstić information content (AvgIpc) is 3.31. The normalized spacial score (nSPS) is 12.0. The molecule has 0 radical (unpaired) electrons. The molecule has 0 atom stereocenters. The first-order chi connectivity index (χ1) is 13.8. The van der Waals surface area contributed by atoms with Gasteiger partial charge in [-0.2, -0.15) is 13.2 Å². The summed E-state index contributed by atoms with van der Waals surface area (Å²) in [6, 6.07) is 8.60. The van der Waals surface area contributed by atoms with E-state index >= 15 is 0 Å². The lowest BCUT2D eigenvalue weighted by molar-refractivity contribution is -0.145. The third kappa shape index (κ3) is 4.13. The molecule has 5 nitrogen and oxygen atoms in total. The van der Waals surface area contributed by atoms with Gasteiger partial charge < -0.3 is 4.42 Å². The number of benzene rings is 1. The molecule has 3 aromatic heterocycles. The molecule has 150 valence electrons. The molecule has 0 aliphatic carbocycles. The average molecular weight is 436 g/mol. The van der Waals surface area contributed by atoms with Gasteiger partial charge in [-0.25, -0.2) is 9.97 Å². The van der Waals surface area contributed by atoms with Crippen LogP contribution in [0.2, 0.25) is 0 Å². The van der Waals surface area contributed by atoms with E-state index in [4.69, 9.17) is 4.42 Å². The van der Waals surface area contributed by atoms with E-state index in [1.165, 1.54) is 16.5 Å². The van der Waals surface area contributed by atoms with Crippen molar-refractivity contribution in [1.82, 2.24) is 20.2 Å². The summed E-state index contributed by atoms with van der Waals surface area (Å²) >= 11 is 2.71. The van der Waals surface area contributed by atoms with Crippen molar-refractivity contribution in [3.63, 3.8) is 0 Å². The summed E-state index contributed by atoms with van der Waals surface area (Å²) in [5.74, 6) is -0.218. The third-order valence-electron chi connectivity index (χ3n) is 4.17. The first-order valence-corrected chi connectivity index (χ1v) is 10.5. The van der Waals surface area contributed by atoms with Crippen LogP contribution in [0.25, 0.3) is 21.7 Å². The Hall–Kier alpha value is -2.46. The van der Waals surface area contributed by atoms with Gasteiger partial charge in [-0.15, -0.1) is 21.5 Å². The second-order valence-corrected chi connectivity index (χ2v) is 8.33. The van der Waals surface area contributed by atoms with Crippen molar-refractivity contribution >= 4 is 34.0 Å². The number of halogens is 3. The fourth-order valence-corrected chi connectivity index (χ4v) is 4.69. The van der Waals surface area contributed by atoms with E-state index < -0.39 is 12.0 Å². The zero-order chi connectivity index (χ0) is 20.6. The summed E-state index contributed by atoms with van der Waals surface area (Å²) in [5.41, 5.74) is 1.42. The Morgan fingerprint density at radius 1 is 1.14 bits per heavy atom. The van der Waals surface area contributed by atoms with Gasteiger partial charge in [-0.1, -0.05) is 36.9 Å². The van der Waals surface area contributed by atoms with Gasteiger partial charge in [0, 0.05) is 10.3 Å². The van der Waals surface area contributed by atoms with E-state index in [0.717, 1.165) is 23.1 Å². The molecule has 1 aromatic carbocycles. The number of para-hydroxylation sites is 1. The topological polar surface area (TPSA) is 64.7 Å². The SMILES string of the molecule is CCc1sc(-c2nnc(CSc3nc(C(F)(F)F)nc4ccccc34)o2)cc1C. The molecule has 29 heavy (non-hydrogen) atoms. The highest BCUT2D eigenvalue weighted by Crippen LogP contribution is 2.34. The summed E-state index contributed by atoms with van der Waals surface area (Å²) in [6.45, 7) is 4.12. The van der Waals surface area contributed by atoms with E-state index in [0.29, 0.717) is 17.2 Å². The highest BCUT2D eigenvalue weighted by atomic mass is 32.2. The maximum absolute atomic E-state index is 13.1. The number of thiophene rings is 1. The molecule has 0 amide bonds. The van der Waals surface area contributed by atoms with Gasteiger partial charge in [0.25, 0.3) is 5.89 Å². The van der Waals surface area contributed by atoms with Crippen molar-refractivity contribution < 1.29 is 17.6 Å². The van der Waals surface area contributed by atoms with E-state index in [-0.39, 0.29) is 16.3 Å². The minimum Gasteiger partial charge on any atom is -0.419 e. The molecule has 4 aromatic rings. The van der Waals surface area contributed by atoms with Crippen LogP contribution < -0.4 is 0 Å². The van der Waals surface area contributed by atoms with E-state index in [9.17, 15) is 13.2 Å². The maximum atomic E-state index is 13.1. The minimum absolute atomic E-state index is 0.205. The fourth-order valence-electron chi connectivity index (χ4n) is 2.80. The van der Waals surface area contributed by atoms with Crippen molar-refractivity contribution in [2.75, 3.05) is 0 Å². The second-order valence-electron chi connectivity index (χ2n) is 6.23. The highest BCUT2D eigenvalue weighted by molar-refractivity contribution is 7.98. The Balaban J connectivity index is 1.59. The Morgan fingerprint density at radius 3 is 2.66 bits per heavy atom. The smallest absolute Gasteiger partial charge is 0.419 e. The van der Waals surface area contributed by atoms with Crippen LogP contribution in [-0.2, 0) is 18.3 Å². The third-order valence-corrected chi connectivity index (χ3v) is 6.52.